The van der Waals surface area contributed by atoms with Crippen molar-refractivity contribution in [3.8, 4) is 0 Å². The van der Waals surface area contributed by atoms with Gasteiger partial charge in [-0.2, -0.15) is 5.10 Å². The zero-order valence-corrected chi connectivity index (χ0v) is 13.1. The number of para-hydroxylation sites is 1. The fourth-order valence-corrected chi connectivity index (χ4v) is 2.63. The van der Waals surface area contributed by atoms with E-state index in [1.807, 2.05) is 31.2 Å². The quantitative estimate of drug-likeness (QED) is 0.787. The predicted octanol–water partition coefficient (Wildman–Crippen LogP) is 1.16. The van der Waals surface area contributed by atoms with Gasteiger partial charge in [0.05, 0.1) is 17.1 Å². The Hall–Kier alpha value is -2.96. The van der Waals surface area contributed by atoms with E-state index in [0.29, 0.717) is 11.4 Å². The molecule has 0 bridgehead atoms. The Morgan fingerprint density at radius 1 is 1.26 bits per heavy atom. The molecule has 0 unspecified atom stereocenters. The van der Waals surface area contributed by atoms with E-state index in [1.54, 1.807) is 18.8 Å². The molecule has 23 heavy (non-hydrogen) atoms. The van der Waals surface area contributed by atoms with Crippen LogP contribution in [0.3, 0.4) is 0 Å². The number of fused-ring (bicyclic) bond motifs is 1. The molecule has 0 aliphatic rings. The number of hydrogen-bond acceptors (Lipinski definition) is 4. The number of aryl methyl sites for hydroxylation is 2. The Kier molecular flexibility index (Phi) is 3.69. The van der Waals surface area contributed by atoms with Crippen LogP contribution in [-0.2, 0) is 14.1 Å². The second-order valence-corrected chi connectivity index (χ2v) is 5.41. The van der Waals surface area contributed by atoms with Crippen LogP contribution < -0.4 is 10.9 Å². The van der Waals surface area contributed by atoms with Crippen LogP contribution in [0.2, 0.25) is 0 Å². The number of amides is 1. The minimum Gasteiger partial charge on any atom is -0.342 e. The van der Waals surface area contributed by atoms with E-state index in [9.17, 15) is 9.59 Å². The normalized spacial score (nSPS) is 12.3. The van der Waals surface area contributed by atoms with Gasteiger partial charge < -0.3 is 9.88 Å². The van der Waals surface area contributed by atoms with Crippen molar-refractivity contribution < 1.29 is 4.79 Å². The van der Waals surface area contributed by atoms with Crippen molar-refractivity contribution in [3.63, 3.8) is 0 Å². The summed E-state index contributed by atoms with van der Waals surface area (Å²) in [7, 11) is 3.45. The van der Waals surface area contributed by atoms with Gasteiger partial charge in [0.1, 0.15) is 12.2 Å². The summed E-state index contributed by atoms with van der Waals surface area (Å²) in [6.45, 7) is 1.82. The maximum absolute atomic E-state index is 12.6. The van der Waals surface area contributed by atoms with Crippen molar-refractivity contribution in [2.45, 2.75) is 13.0 Å². The first-order valence-corrected chi connectivity index (χ1v) is 7.22. The standard InChI is InChI=1S/C16H17N5O2/c1-10(15-17-9-18-21(15)3)19-16(23)12-8-14(22)20(2)13-7-5-4-6-11(12)13/h4-10H,1-3H3,(H,19,23)/t10-/m0/s1. The molecule has 118 valence electrons. The van der Waals surface area contributed by atoms with Crippen molar-refractivity contribution in [1.29, 1.82) is 0 Å². The van der Waals surface area contributed by atoms with Crippen LogP contribution in [-0.4, -0.2) is 25.2 Å². The summed E-state index contributed by atoms with van der Waals surface area (Å²) in [5.41, 5.74) is 0.856. The molecule has 0 saturated carbocycles. The first kappa shape index (κ1) is 15.0. The second kappa shape index (κ2) is 5.68. The molecular weight excluding hydrogens is 294 g/mol. The van der Waals surface area contributed by atoms with Gasteiger partial charge in [0.25, 0.3) is 11.5 Å². The fraction of sp³-hybridized carbons (Fsp3) is 0.250. The van der Waals surface area contributed by atoms with Crippen LogP contribution in [0.4, 0.5) is 0 Å². The maximum Gasteiger partial charge on any atom is 0.252 e. The SMILES string of the molecule is C[C@H](NC(=O)c1cc(=O)n(C)c2ccccc12)c1ncnn1C. The van der Waals surface area contributed by atoms with Crippen LogP contribution >= 0.6 is 0 Å². The van der Waals surface area contributed by atoms with Crippen LogP contribution in [0.1, 0.15) is 29.1 Å². The van der Waals surface area contributed by atoms with E-state index in [1.165, 1.54) is 17.0 Å². The topological polar surface area (TPSA) is 81.8 Å². The predicted molar refractivity (Wildman–Crippen MR) is 86.1 cm³/mol. The largest absolute Gasteiger partial charge is 0.342 e. The van der Waals surface area contributed by atoms with E-state index in [-0.39, 0.29) is 17.5 Å². The number of nitrogens with zero attached hydrogens (tertiary/aromatic N) is 4. The minimum absolute atomic E-state index is 0.222. The Bertz CT molecular complexity index is 941. The van der Waals surface area contributed by atoms with Gasteiger partial charge >= 0.3 is 0 Å². The molecule has 0 fully saturated rings. The van der Waals surface area contributed by atoms with Crippen LogP contribution in [0, 0.1) is 0 Å². The molecule has 3 aromatic rings. The lowest BCUT2D eigenvalue weighted by molar-refractivity contribution is 0.0939. The molecule has 1 N–H and O–H groups in total. The molecule has 7 heteroatoms. The molecule has 1 aromatic carbocycles. The number of benzene rings is 1. The second-order valence-electron chi connectivity index (χ2n) is 5.41. The summed E-state index contributed by atoms with van der Waals surface area (Å²) < 4.78 is 3.13. The monoisotopic (exact) mass is 311 g/mol. The van der Waals surface area contributed by atoms with Crippen molar-refractivity contribution in [2.24, 2.45) is 14.1 Å². The highest BCUT2D eigenvalue weighted by Crippen LogP contribution is 2.17. The number of carbonyl (C=O) groups is 1. The Morgan fingerprint density at radius 3 is 2.70 bits per heavy atom. The minimum atomic E-state index is -0.321. The lowest BCUT2D eigenvalue weighted by atomic mass is 10.1. The van der Waals surface area contributed by atoms with Crippen LogP contribution in [0.15, 0.2) is 41.5 Å². The van der Waals surface area contributed by atoms with E-state index >= 15 is 0 Å². The van der Waals surface area contributed by atoms with Gasteiger partial charge in [0.15, 0.2) is 0 Å². The number of nitrogens with one attached hydrogen (secondary N) is 1. The van der Waals surface area contributed by atoms with Gasteiger partial charge in [0, 0.05) is 25.5 Å². The van der Waals surface area contributed by atoms with E-state index in [2.05, 4.69) is 15.4 Å². The van der Waals surface area contributed by atoms with Gasteiger partial charge in [-0.25, -0.2) is 4.98 Å². The smallest absolute Gasteiger partial charge is 0.252 e. The first-order chi connectivity index (χ1) is 11.0. The molecule has 0 saturated heterocycles. The summed E-state index contributed by atoms with van der Waals surface area (Å²) in [6.07, 6.45) is 1.44. The molecule has 1 atom stereocenters. The summed E-state index contributed by atoms with van der Waals surface area (Å²) in [6, 6.07) is 8.37. The molecule has 0 aliphatic carbocycles. The van der Waals surface area contributed by atoms with Gasteiger partial charge in [-0.05, 0) is 13.0 Å². The van der Waals surface area contributed by atoms with E-state index < -0.39 is 0 Å². The lowest BCUT2D eigenvalue weighted by Gasteiger charge is -2.15. The summed E-state index contributed by atoms with van der Waals surface area (Å²) in [5, 5.41) is 7.60. The van der Waals surface area contributed by atoms with E-state index in [4.69, 9.17) is 0 Å². The molecular formula is C16H17N5O2. The zero-order valence-electron chi connectivity index (χ0n) is 13.1. The molecule has 0 radical (unpaired) electrons. The third-order valence-corrected chi connectivity index (χ3v) is 3.88. The Balaban J connectivity index is 2.00. The zero-order chi connectivity index (χ0) is 16.6. The van der Waals surface area contributed by atoms with Gasteiger partial charge in [-0.1, -0.05) is 18.2 Å². The van der Waals surface area contributed by atoms with Crippen molar-refractivity contribution in [3.05, 3.63) is 58.4 Å². The van der Waals surface area contributed by atoms with E-state index in [0.717, 1.165) is 10.9 Å². The van der Waals surface area contributed by atoms with Gasteiger partial charge in [-0.3, -0.25) is 14.3 Å². The average Bonchev–Trinajstić information content (AvgIpc) is 2.97. The number of hydrogen-bond donors (Lipinski definition) is 1. The van der Waals surface area contributed by atoms with Crippen molar-refractivity contribution in [1.82, 2.24) is 24.6 Å². The van der Waals surface area contributed by atoms with Crippen molar-refractivity contribution >= 4 is 16.8 Å². The third kappa shape index (κ3) is 2.61. The highest BCUT2D eigenvalue weighted by atomic mass is 16.2. The molecule has 0 spiro atoms. The average molecular weight is 311 g/mol. The summed E-state index contributed by atoms with van der Waals surface area (Å²) in [5.74, 6) is 0.334. The molecule has 2 aromatic heterocycles. The summed E-state index contributed by atoms with van der Waals surface area (Å²) >= 11 is 0. The molecule has 0 aliphatic heterocycles. The maximum atomic E-state index is 12.6. The number of aromatic nitrogens is 4. The fourth-order valence-electron chi connectivity index (χ4n) is 2.63. The Morgan fingerprint density at radius 2 is 2.00 bits per heavy atom. The third-order valence-electron chi connectivity index (χ3n) is 3.88. The highest BCUT2D eigenvalue weighted by molar-refractivity contribution is 6.06. The number of carbonyl (C=O) groups excluding carboxylic acids is 1. The molecule has 2 heterocycles. The van der Waals surface area contributed by atoms with Crippen molar-refractivity contribution in [2.75, 3.05) is 0 Å². The van der Waals surface area contributed by atoms with Crippen LogP contribution in [0.25, 0.3) is 10.9 Å². The Labute approximate surface area is 132 Å². The number of rotatable bonds is 3. The number of pyridine rings is 1. The first-order valence-electron chi connectivity index (χ1n) is 7.22. The highest BCUT2D eigenvalue weighted by Gasteiger charge is 2.18. The van der Waals surface area contributed by atoms with Gasteiger partial charge in [0.2, 0.25) is 0 Å². The van der Waals surface area contributed by atoms with Gasteiger partial charge in [-0.15, -0.1) is 0 Å². The molecule has 1 amide bonds. The molecule has 3 rings (SSSR count). The van der Waals surface area contributed by atoms with Crippen LogP contribution in [0.5, 0.6) is 0 Å². The lowest BCUT2D eigenvalue weighted by Crippen LogP contribution is -2.30. The molecule has 7 nitrogen and oxygen atoms in total. The summed E-state index contributed by atoms with van der Waals surface area (Å²) in [4.78, 5) is 28.8.